The zero-order valence-corrected chi connectivity index (χ0v) is 32.8. The van der Waals surface area contributed by atoms with Crippen molar-refractivity contribution in [1.29, 1.82) is 0 Å². The quantitative estimate of drug-likeness (QED) is 0.133. The molecule has 0 aliphatic heterocycles. The van der Waals surface area contributed by atoms with Crippen LogP contribution in [0.3, 0.4) is 0 Å². The maximum atomic E-state index is 13.8. The summed E-state index contributed by atoms with van der Waals surface area (Å²) in [4.78, 5) is 31.2. The van der Waals surface area contributed by atoms with Gasteiger partial charge in [0.2, 0.25) is 10.3 Å². The summed E-state index contributed by atoms with van der Waals surface area (Å²) in [6, 6.07) is 23.7. The number of sulfonamides is 2. The van der Waals surface area contributed by atoms with Crippen LogP contribution in [0.15, 0.2) is 113 Å². The Morgan fingerprint density at radius 1 is 0.750 bits per heavy atom. The molecular formula is C36H30N6O10S4. The van der Waals surface area contributed by atoms with Gasteiger partial charge in [0.1, 0.15) is 24.2 Å². The van der Waals surface area contributed by atoms with Gasteiger partial charge in [0, 0.05) is 34.7 Å². The molecule has 20 heteroatoms. The summed E-state index contributed by atoms with van der Waals surface area (Å²) >= 11 is 1.89. The molecule has 0 radical (unpaired) electrons. The predicted octanol–water partition coefficient (Wildman–Crippen LogP) is 6.08. The molecule has 0 amide bonds. The summed E-state index contributed by atoms with van der Waals surface area (Å²) in [6.45, 7) is -0.0368. The van der Waals surface area contributed by atoms with E-state index in [1.165, 1.54) is 74.7 Å². The molecule has 0 aliphatic carbocycles. The number of carbonyl (C=O) groups excluding carboxylic acids is 1. The molecule has 7 rings (SSSR count). The first-order chi connectivity index (χ1) is 26.9. The zero-order chi connectivity index (χ0) is 40.0. The van der Waals surface area contributed by atoms with Gasteiger partial charge in [0.15, 0.2) is 0 Å². The molecule has 0 saturated carbocycles. The van der Waals surface area contributed by atoms with E-state index in [2.05, 4.69) is 23.4 Å². The topological polar surface area (TPSA) is 217 Å². The molecule has 0 atom stereocenters. The molecule has 2 N–H and O–H groups in total. The number of ether oxygens (including phenoxy) is 3. The molecule has 5 aromatic carbocycles. The number of carboxylic acid groups (broad SMARTS) is 1. The van der Waals surface area contributed by atoms with Gasteiger partial charge >= 0.3 is 11.9 Å². The van der Waals surface area contributed by atoms with Crippen LogP contribution >= 0.6 is 23.1 Å². The number of nitrogens with one attached hydrogen (secondary N) is 1. The molecule has 16 nitrogen and oxygen atoms in total. The second-order valence-electron chi connectivity index (χ2n) is 11.4. The van der Waals surface area contributed by atoms with Gasteiger partial charge in [-0.1, -0.05) is 36.4 Å². The van der Waals surface area contributed by atoms with Crippen molar-refractivity contribution in [3.8, 4) is 11.5 Å². The van der Waals surface area contributed by atoms with E-state index in [9.17, 15) is 26.4 Å². The number of aromatic nitrogens is 4. The van der Waals surface area contributed by atoms with Gasteiger partial charge in [0.05, 0.1) is 48.8 Å². The van der Waals surface area contributed by atoms with Crippen LogP contribution in [0.2, 0.25) is 0 Å². The Balaban J connectivity index is 0.000000208. The lowest BCUT2D eigenvalue weighted by molar-refractivity contribution is 0.0602. The van der Waals surface area contributed by atoms with Gasteiger partial charge in [-0.3, -0.25) is 4.72 Å². The molecule has 0 bridgehead atoms. The fraction of sp³-hybridized carbons (Fsp3) is 0.111. The first kappa shape index (κ1) is 39.5. The van der Waals surface area contributed by atoms with Gasteiger partial charge in [0.25, 0.3) is 20.0 Å². The van der Waals surface area contributed by atoms with Crippen molar-refractivity contribution in [2.24, 2.45) is 0 Å². The number of methoxy groups -OCH3 is 3. The number of benzene rings is 5. The maximum Gasteiger partial charge on any atom is 0.338 e. The Labute approximate surface area is 328 Å². The molecule has 0 unspecified atom stereocenters. The number of rotatable bonds is 12. The number of hydrogen-bond acceptors (Lipinski definition) is 15. The summed E-state index contributed by atoms with van der Waals surface area (Å²) < 4.78 is 78.8. The minimum Gasteiger partial charge on any atom is -0.497 e. The van der Waals surface area contributed by atoms with Gasteiger partial charge in [-0.2, -0.15) is 8.75 Å². The second-order valence-corrected chi connectivity index (χ2v) is 16.5. The highest BCUT2D eigenvalue weighted by molar-refractivity contribution is 7.93. The molecule has 0 fully saturated rings. The molecule has 2 aromatic heterocycles. The van der Waals surface area contributed by atoms with E-state index >= 15 is 0 Å². The lowest BCUT2D eigenvalue weighted by Crippen LogP contribution is -2.30. The van der Waals surface area contributed by atoms with E-state index in [1.54, 1.807) is 54.6 Å². The minimum absolute atomic E-state index is 0.0257. The predicted molar refractivity (Wildman–Crippen MR) is 210 cm³/mol. The highest BCUT2D eigenvalue weighted by Crippen LogP contribution is 2.33. The van der Waals surface area contributed by atoms with Crippen molar-refractivity contribution in [3.05, 3.63) is 120 Å². The van der Waals surface area contributed by atoms with E-state index in [0.717, 1.165) is 23.1 Å². The van der Waals surface area contributed by atoms with E-state index in [-0.39, 0.29) is 32.2 Å². The van der Waals surface area contributed by atoms with Gasteiger partial charge < -0.3 is 19.3 Å². The van der Waals surface area contributed by atoms with Crippen LogP contribution in [-0.2, 0) is 31.3 Å². The molecule has 0 saturated heterocycles. The average molecular weight is 835 g/mol. The second kappa shape index (κ2) is 16.7. The van der Waals surface area contributed by atoms with Crippen LogP contribution in [0.5, 0.6) is 11.5 Å². The Morgan fingerprint density at radius 3 is 2.00 bits per heavy atom. The number of fused-ring (bicyclic) bond motifs is 2. The lowest BCUT2D eigenvalue weighted by atomic mass is 10.0. The third-order valence-corrected chi connectivity index (χ3v) is 12.8. The molecule has 2 heterocycles. The minimum atomic E-state index is -4.05. The summed E-state index contributed by atoms with van der Waals surface area (Å²) in [7, 11) is -3.51. The van der Waals surface area contributed by atoms with E-state index in [0.29, 0.717) is 44.2 Å². The standard InChI is InChI=1S/C23H21N3O6S2.C13H9N3O4S2/c1-30-17-8-7-16(21(12-17)31-2)13-26(23-24-14-25-33-23)34(28,29)18-9-10-19-15(11-18)5-4-6-20(19)22(27)32-3;17-12(18)11-3-1-2-8-6-9(4-5-10(8)11)22(19,20)16-13-14-7-15-21-13/h4-12,14H,13H2,1-3H3;1-7H,(H,17,18)(H,14,15,16). The zero-order valence-electron chi connectivity index (χ0n) is 29.5. The number of hydrogen-bond donors (Lipinski definition) is 2. The monoisotopic (exact) mass is 834 g/mol. The van der Waals surface area contributed by atoms with Crippen molar-refractivity contribution < 1.29 is 45.7 Å². The summed E-state index contributed by atoms with van der Waals surface area (Å²) in [6.07, 6.45) is 2.55. The Morgan fingerprint density at radius 2 is 1.39 bits per heavy atom. The first-order valence-electron chi connectivity index (χ1n) is 16.0. The van der Waals surface area contributed by atoms with Crippen LogP contribution in [0.25, 0.3) is 21.5 Å². The number of nitrogens with zero attached hydrogens (tertiary/aromatic N) is 5. The van der Waals surface area contributed by atoms with E-state index < -0.39 is 32.0 Å². The normalized spacial score (nSPS) is 11.3. The molecular weight excluding hydrogens is 805 g/mol. The van der Waals surface area contributed by atoms with Crippen molar-refractivity contribution in [3.63, 3.8) is 0 Å². The van der Waals surface area contributed by atoms with Crippen LogP contribution in [0, 0.1) is 0 Å². The largest absolute Gasteiger partial charge is 0.497 e. The van der Waals surface area contributed by atoms with Crippen molar-refractivity contribution in [2.45, 2.75) is 16.3 Å². The lowest BCUT2D eigenvalue weighted by Gasteiger charge is -2.23. The Bertz CT molecular complexity index is 2760. The van der Waals surface area contributed by atoms with Crippen molar-refractivity contribution in [2.75, 3.05) is 30.4 Å². The maximum absolute atomic E-state index is 13.8. The third kappa shape index (κ3) is 8.37. The fourth-order valence-electron chi connectivity index (χ4n) is 5.51. The SMILES string of the molecule is COC(=O)c1cccc2cc(S(=O)(=O)N(Cc3ccc(OC)cc3OC)c3ncns3)ccc12.O=C(O)c1cccc2cc(S(=O)(=O)Nc3ncns3)ccc12. The van der Waals surface area contributed by atoms with Crippen molar-refractivity contribution >= 4 is 86.9 Å². The molecule has 288 valence electrons. The Hall–Kier alpha value is -6.22. The van der Waals surface area contributed by atoms with E-state index in [1.807, 2.05) is 0 Å². The van der Waals surface area contributed by atoms with Crippen LogP contribution in [-0.4, -0.2) is 73.9 Å². The fourth-order valence-corrected chi connectivity index (χ4v) is 9.38. The smallest absolute Gasteiger partial charge is 0.338 e. The number of carbonyl (C=O) groups is 2. The van der Waals surface area contributed by atoms with Crippen molar-refractivity contribution in [1.82, 2.24) is 18.7 Å². The van der Waals surface area contributed by atoms with Crippen LogP contribution in [0.4, 0.5) is 10.3 Å². The van der Waals surface area contributed by atoms with Gasteiger partial charge in [-0.15, -0.1) is 0 Å². The van der Waals surface area contributed by atoms with Crippen LogP contribution in [0.1, 0.15) is 26.3 Å². The third-order valence-electron chi connectivity index (χ3n) is 8.19. The van der Waals surface area contributed by atoms with E-state index in [4.69, 9.17) is 19.3 Å². The number of esters is 1. The highest BCUT2D eigenvalue weighted by Gasteiger charge is 2.29. The number of aromatic carboxylic acids is 1. The van der Waals surface area contributed by atoms with Gasteiger partial charge in [-0.25, -0.2) is 40.7 Å². The summed E-state index contributed by atoms with van der Waals surface area (Å²) in [5.74, 6) is -0.497. The average Bonchev–Trinajstić information content (AvgIpc) is 3.94. The summed E-state index contributed by atoms with van der Waals surface area (Å²) in [5.41, 5.74) is 1.10. The first-order valence-corrected chi connectivity index (χ1v) is 20.5. The molecule has 56 heavy (non-hydrogen) atoms. The van der Waals surface area contributed by atoms with Gasteiger partial charge in [-0.05, 0) is 70.1 Å². The molecule has 0 spiro atoms. The Kier molecular flexibility index (Phi) is 11.7. The molecule has 0 aliphatic rings. The number of carboxylic acids is 1. The summed E-state index contributed by atoms with van der Waals surface area (Å²) in [5, 5.41) is 11.7. The van der Waals surface area contributed by atoms with Crippen LogP contribution < -0.4 is 18.5 Å². The molecule has 7 aromatic rings. The number of anilines is 2. The highest BCUT2D eigenvalue weighted by atomic mass is 32.2.